The minimum atomic E-state index is -0.803. The van der Waals surface area contributed by atoms with Crippen LogP contribution in [0.2, 0.25) is 0 Å². The molecule has 10 nitrogen and oxygen atoms in total. The van der Waals surface area contributed by atoms with Crippen molar-refractivity contribution in [3.05, 3.63) is 69.8 Å². The Kier molecular flexibility index (Phi) is 12.3. The molecular formula is C27H38N4O6. The van der Waals surface area contributed by atoms with Crippen LogP contribution in [-0.2, 0) is 22.6 Å². The lowest BCUT2D eigenvalue weighted by atomic mass is 10.0. The topological polar surface area (TPSA) is 114 Å². The lowest BCUT2D eigenvalue weighted by molar-refractivity contribution is -0.384. The third kappa shape index (κ3) is 10.5. The molecule has 1 N–H and O–H groups in total. The number of non-ortho nitro benzene ring substituents is 1. The van der Waals surface area contributed by atoms with Crippen LogP contribution in [0.4, 0.5) is 10.5 Å². The highest BCUT2D eigenvalue weighted by molar-refractivity contribution is 5.86. The van der Waals surface area contributed by atoms with E-state index in [-0.39, 0.29) is 18.2 Å². The fourth-order valence-electron chi connectivity index (χ4n) is 3.64. The highest BCUT2D eigenvalue weighted by Crippen LogP contribution is 2.16. The Morgan fingerprint density at radius 2 is 1.54 bits per heavy atom. The van der Waals surface area contributed by atoms with Crippen molar-refractivity contribution in [1.29, 1.82) is 0 Å². The molecule has 2 aromatic carbocycles. The molecule has 0 aliphatic rings. The molecule has 0 saturated heterocycles. The van der Waals surface area contributed by atoms with Gasteiger partial charge >= 0.3 is 6.09 Å². The van der Waals surface area contributed by atoms with Crippen LogP contribution in [0.5, 0.6) is 5.75 Å². The van der Waals surface area contributed by atoms with Crippen LogP contribution in [0.1, 0.15) is 37.8 Å². The summed E-state index contributed by atoms with van der Waals surface area (Å²) in [6, 6.07) is 12.4. The SMILES string of the molecule is CCCN(CCC)C(=O)[C@H](Cc1ccc(OCCN(C)C)cc1)NC(=O)OCc1ccc([N+](=O)[O-])cc1. The summed E-state index contributed by atoms with van der Waals surface area (Å²) in [5.74, 6) is 0.574. The molecule has 0 aliphatic heterocycles. The predicted octanol–water partition coefficient (Wildman–Crippen LogP) is 4.02. The Morgan fingerprint density at radius 1 is 0.946 bits per heavy atom. The van der Waals surface area contributed by atoms with Crippen LogP contribution in [0.25, 0.3) is 0 Å². The number of hydrogen-bond acceptors (Lipinski definition) is 7. The van der Waals surface area contributed by atoms with Crippen LogP contribution in [0.3, 0.4) is 0 Å². The molecule has 2 rings (SSSR count). The molecule has 0 bridgehead atoms. The van der Waals surface area contributed by atoms with Crippen molar-refractivity contribution in [1.82, 2.24) is 15.1 Å². The second-order valence-electron chi connectivity index (χ2n) is 9.02. The number of carbonyl (C=O) groups is 2. The number of amides is 2. The first-order valence-corrected chi connectivity index (χ1v) is 12.5. The molecule has 0 unspecified atom stereocenters. The molecule has 202 valence electrons. The standard InChI is InChI=1S/C27H38N4O6/c1-5-15-30(16-6-2)26(32)25(19-21-9-13-24(14-10-21)36-18-17-29(3)4)28-27(33)37-20-22-7-11-23(12-8-22)31(34)35/h7-14,25H,5-6,15-20H2,1-4H3,(H,28,33)/t25-/m0/s1. The molecule has 0 aromatic heterocycles. The largest absolute Gasteiger partial charge is 0.492 e. The highest BCUT2D eigenvalue weighted by Gasteiger charge is 2.26. The first-order chi connectivity index (χ1) is 17.7. The quantitative estimate of drug-likeness (QED) is 0.282. The fraction of sp³-hybridized carbons (Fsp3) is 0.481. The van der Waals surface area contributed by atoms with Crippen LogP contribution < -0.4 is 10.1 Å². The van der Waals surface area contributed by atoms with Crippen LogP contribution in [0.15, 0.2) is 48.5 Å². The van der Waals surface area contributed by atoms with Gasteiger partial charge in [-0.3, -0.25) is 14.9 Å². The van der Waals surface area contributed by atoms with Crippen molar-refractivity contribution in [2.24, 2.45) is 0 Å². The summed E-state index contributed by atoms with van der Waals surface area (Å²) in [4.78, 5) is 40.1. The average Bonchev–Trinajstić information content (AvgIpc) is 2.87. The summed E-state index contributed by atoms with van der Waals surface area (Å²) in [6.07, 6.45) is 1.19. The number of alkyl carbamates (subject to hydrolysis) is 1. The summed E-state index contributed by atoms with van der Waals surface area (Å²) < 4.78 is 11.1. The number of nitro groups is 1. The Bertz CT molecular complexity index is 989. The Morgan fingerprint density at radius 3 is 2.08 bits per heavy atom. The highest BCUT2D eigenvalue weighted by atomic mass is 16.6. The summed E-state index contributed by atoms with van der Waals surface area (Å²) in [5, 5.41) is 13.5. The van der Waals surface area contributed by atoms with Gasteiger partial charge in [-0.25, -0.2) is 4.79 Å². The maximum atomic E-state index is 13.4. The maximum absolute atomic E-state index is 13.4. The molecule has 1 atom stereocenters. The van der Waals surface area contributed by atoms with Crippen molar-refractivity contribution in [2.45, 2.75) is 45.8 Å². The van der Waals surface area contributed by atoms with Gasteiger partial charge in [-0.15, -0.1) is 0 Å². The van der Waals surface area contributed by atoms with E-state index in [0.29, 0.717) is 31.7 Å². The van der Waals surface area contributed by atoms with Crippen molar-refractivity contribution < 1.29 is 24.0 Å². The molecule has 0 aliphatic carbocycles. The zero-order valence-electron chi connectivity index (χ0n) is 22.1. The smallest absolute Gasteiger partial charge is 0.408 e. The van der Waals surface area contributed by atoms with E-state index in [1.54, 1.807) is 4.90 Å². The normalized spacial score (nSPS) is 11.6. The van der Waals surface area contributed by atoms with E-state index >= 15 is 0 Å². The minimum absolute atomic E-state index is 0.0417. The third-order valence-corrected chi connectivity index (χ3v) is 5.58. The summed E-state index contributed by atoms with van der Waals surface area (Å²) in [6.45, 7) is 6.51. The van der Waals surface area contributed by atoms with Gasteiger partial charge in [0, 0.05) is 38.2 Å². The van der Waals surface area contributed by atoms with E-state index < -0.39 is 17.1 Å². The first-order valence-electron chi connectivity index (χ1n) is 12.5. The molecule has 0 saturated carbocycles. The van der Waals surface area contributed by atoms with Crippen LogP contribution in [-0.4, -0.2) is 73.1 Å². The summed E-state index contributed by atoms with van der Waals surface area (Å²) in [7, 11) is 3.96. The van der Waals surface area contributed by atoms with Gasteiger partial charge in [-0.1, -0.05) is 26.0 Å². The Hall–Kier alpha value is -3.66. The molecule has 0 radical (unpaired) electrons. The summed E-state index contributed by atoms with van der Waals surface area (Å²) in [5.41, 5.74) is 1.44. The van der Waals surface area contributed by atoms with Crippen molar-refractivity contribution in [2.75, 3.05) is 40.3 Å². The van der Waals surface area contributed by atoms with Gasteiger partial charge < -0.3 is 24.6 Å². The minimum Gasteiger partial charge on any atom is -0.492 e. The lowest BCUT2D eigenvalue weighted by Crippen LogP contribution is -2.50. The van der Waals surface area contributed by atoms with Gasteiger partial charge in [0.1, 0.15) is 25.0 Å². The van der Waals surface area contributed by atoms with Crippen molar-refractivity contribution in [3.8, 4) is 5.75 Å². The van der Waals surface area contributed by atoms with E-state index in [1.165, 1.54) is 24.3 Å². The van der Waals surface area contributed by atoms with E-state index in [2.05, 4.69) is 5.32 Å². The van der Waals surface area contributed by atoms with Crippen molar-refractivity contribution in [3.63, 3.8) is 0 Å². The number of carbonyl (C=O) groups excluding carboxylic acids is 2. The second kappa shape index (κ2) is 15.5. The molecule has 0 heterocycles. The third-order valence-electron chi connectivity index (χ3n) is 5.58. The predicted molar refractivity (Wildman–Crippen MR) is 142 cm³/mol. The van der Waals surface area contributed by atoms with E-state index in [0.717, 1.165) is 30.7 Å². The summed E-state index contributed by atoms with van der Waals surface area (Å²) >= 11 is 0. The molecule has 0 fully saturated rings. The van der Waals surface area contributed by atoms with Crippen LogP contribution in [0, 0.1) is 10.1 Å². The number of hydrogen-bond donors (Lipinski definition) is 1. The van der Waals surface area contributed by atoms with E-state index in [4.69, 9.17) is 9.47 Å². The monoisotopic (exact) mass is 514 g/mol. The molecule has 2 aromatic rings. The molecular weight excluding hydrogens is 476 g/mol. The van der Waals surface area contributed by atoms with Gasteiger partial charge in [-0.05, 0) is 62.3 Å². The van der Waals surface area contributed by atoms with Gasteiger partial charge in [0.2, 0.25) is 5.91 Å². The van der Waals surface area contributed by atoms with E-state index in [1.807, 2.05) is 57.1 Å². The number of nitrogens with zero attached hydrogens (tertiary/aromatic N) is 3. The first kappa shape index (κ1) is 29.6. The number of benzene rings is 2. The number of ether oxygens (including phenoxy) is 2. The van der Waals surface area contributed by atoms with Crippen LogP contribution >= 0.6 is 0 Å². The van der Waals surface area contributed by atoms with Gasteiger partial charge in [-0.2, -0.15) is 0 Å². The van der Waals surface area contributed by atoms with Crippen molar-refractivity contribution >= 4 is 17.7 Å². The molecule has 10 heteroatoms. The molecule has 0 spiro atoms. The fourth-order valence-corrected chi connectivity index (χ4v) is 3.64. The second-order valence-corrected chi connectivity index (χ2v) is 9.02. The van der Waals surface area contributed by atoms with E-state index in [9.17, 15) is 19.7 Å². The molecule has 37 heavy (non-hydrogen) atoms. The number of nitro benzene ring substituents is 1. The lowest BCUT2D eigenvalue weighted by Gasteiger charge is -2.27. The number of rotatable bonds is 15. The molecule has 2 amide bonds. The Labute approximate surface area is 218 Å². The average molecular weight is 515 g/mol. The maximum Gasteiger partial charge on any atom is 0.408 e. The van der Waals surface area contributed by atoms with Gasteiger partial charge in [0.05, 0.1) is 4.92 Å². The number of likely N-dealkylation sites (N-methyl/N-ethyl adjacent to an activating group) is 1. The van der Waals surface area contributed by atoms with Gasteiger partial charge in [0.25, 0.3) is 5.69 Å². The van der Waals surface area contributed by atoms with Gasteiger partial charge in [0.15, 0.2) is 0 Å². The zero-order chi connectivity index (χ0) is 27.2. The zero-order valence-corrected chi connectivity index (χ0v) is 22.1. The number of nitrogens with one attached hydrogen (secondary N) is 1. The Balaban J connectivity index is 2.07.